The fourth-order valence-corrected chi connectivity index (χ4v) is 3.73. The Bertz CT molecular complexity index is 225. The lowest BCUT2D eigenvalue weighted by Crippen LogP contribution is -2.43. The van der Waals surface area contributed by atoms with Gasteiger partial charge in [0.15, 0.2) is 0 Å². The van der Waals surface area contributed by atoms with Crippen LogP contribution in [0.1, 0.15) is 13.3 Å². The van der Waals surface area contributed by atoms with E-state index < -0.39 is 8.80 Å². The summed E-state index contributed by atoms with van der Waals surface area (Å²) < 4.78 is 16.1. The Hall–Kier alpha value is -0.0631. The SMILES string of the molecule is CO[Si](CCCNCCNCC(C)NCCN)(OC)OC. The zero-order valence-electron chi connectivity index (χ0n) is 14.0. The highest BCUT2D eigenvalue weighted by Gasteiger charge is 2.36. The molecular weight excluding hydrogens is 288 g/mol. The molecule has 1 atom stereocenters. The molecule has 0 saturated carbocycles. The zero-order chi connectivity index (χ0) is 16.0. The minimum absolute atomic E-state index is 0.449. The van der Waals surface area contributed by atoms with Crippen LogP contribution in [0.15, 0.2) is 0 Å². The van der Waals surface area contributed by atoms with Crippen molar-refractivity contribution in [2.24, 2.45) is 5.73 Å². The maximum atomic E-state index is 5.44. The van der Waals surface area contributed by atoms with Crippen LogP contribution in [0.25, 0.3) is 0 Å². The third-order valence-corrected chi connectivity index (χ3v) is 6.17. The molecule has 0 aliphatic heterocycles. The van der Waals surface area contributed by atoms with Crippen LogP contribution >= 0.6 is 0 Å². The Morgan fingerprint density at radius 1 is 0.952 bits per heavy atom. The summed E-state index contributed by atoms with van der Waals surface area (Å²) in [6, 6.07) is 1.28. The van der Waals surface area contributed by atoms with Crippen molar-refractivity contribution in [2.45, 2.75) is 25.4 Å². The van der Waals surface area contributed by atoms with Crippen LogP contribution in [0.3, 0.4) is 0 Å². The van der Waals surface area contributed by atoms with Crippen LogP contribution in [0.2, 0.25) is 6.04 Å². The van der Waals surface area contributed by atoms with Gasteiger partial charge in [-0.3, -0.25) is 0 Å². The van der Waals surface area contributed by atoms with Gasteiger partial charge in [0.2, 0.25) is 0 Å². The van der Waals surface area contributed by atoms with Gasteiger partial charge in [-0.05, 0) is 19.9 Å². The minimum atomic E-state index is -2.39. The molecule has 0 aliphatic rings. The zero-order valence-corrected chi connectivity index (χ0v) is 15.0. The second-order valence-corrected chi connectivity index (χ2v) is 8.09. The summed E-state index contributed by atoms with van der Waals surface area (Å²) in [6.45, 7) is 7.50. The van der Waals surface area contributed by atoms with Crippen LogP contribution in [0.5, 0.6) is 0 Å². The molecule has 1 unspecified atom stereocenters. The van der Waals surface area contributed by atoms with E-state index in [1.807, 2.05) is 0 Å². The van der Waals surface area contributed by atoms with Gasteiger partial charge >= 0.3 is 8.80 Å². The van der Waals surface area contributed by atoms with E-state index in [-0.39, 0.29) is 0 Å². The van der Waals surface area contributed by atoms with Crippen LogP contribution in [0.4, 0.5) is 0 Å². The standard InChI is InChI=1S/C13H34N4O3Si/c1-13(17-8-6-14)12-16-10-9-15-7-5-11-21(18-2,19-3)20-4/h13,15-17H,5-12,14H2,1-4H3. The maximum Gasteiger partial charge on any atom is 0.500 e. The van der Waals surface area contributed by atoms with Crippen molar-refractivity contribution in [1.29, 1.82) is 0 Å². The smallest absolute Gasteiger partial charge is 0.377 e. The van der Waals surface area contributed by atoms with E-state index in [4.69, 9.17) is 19.0 Å². The number of hydrogen-bond acceptors (Lipinski definition) is 7. The van der Waals surface area contributed by atoms with Crippen LogP contribution in [-0.2, 0) is 13.3 Å². The second kappa shape index (κ2) is 13.6. The monoisotopic (exact) mass is 322 g/mol. The largest absolute Gasteiger partial charge is 0.500 e. The van der Waals surface area contributed by atoms with E-state index >= 15 is 0 Å². The van der Waals surface area contributed by atoms with Crippen LogP contribution in [0, 0.1) is 0 Å². The van der Waals surface area contributed by atoms with E-state index in [1.165, 1.54) is 0 Å². The molecule has 5 N–H and O–H groups in total. The molecule has 0 aromatic rings. The predicted molar refractivity (Wildman–Crippen MR) is 88.5 cm³/mol. The quantitative estimate of drug-likeness (QED) is 0.236. The molecule has 128 valence electrons. The molecular formula is C13H34N4O3Si. The molecule has 21 heavy (non-hydrogen) atoms. The molecule has 0 aromatic carbocycles. The highest BCUT2D eigenvalue weighted by atomic mass is 28.4. The van der Waals surface area contributed by atoms with E-state index in [2.05, 4.69) is 22.9 Å². The van der Waals surface area contributed by atoms with Crippen molar-refractivity contribution in [3.05, 3.63) is 0 Å². The fraction of sp³-hybridized carbons (Fsp3) is 1.00. The first-order valence-corrected chi connectivity index (χ1v) is 9.57. The second-order valence-electron chi connectivity index (χ2n) is 5.00. The van der Waals surface area contributed by atoms with Crippen LogP contribution in [-0.4, -0.2) is 75.4 Å². The van der Waals surface area contributed by atoms with Gasteiger partial charge in [0.25, 0.3) is 0 Å². The first-order valence-electron chi connectivity index (χ1n) is 7.64. The third kappa shape index (κ3) is 10.3. The van der Waals surface area contributed by atoms with Gasteiger partial charge in [0.1, 0.15) is 0 Å². The van der Waals surface area contributed by atoms with Crippen molar-refractivity contribution in [3.63, 3.8) is 0 Å². The molecule has 0 spiro atoms. The number of rotatable bonds is 15. The average molecular weight is 323 g/mol. The molecule has 8 heteroatoms. The van der Waals surface area contributed by atoms with Crippen molar-refractivity contribution in [3.8, 4) is 0 Å². The number of hydrogen-bond donors (Lipinski definition) is 4. The summed E-state index contributed by atoms with van der Waals surface area (Å²) in [5, 5.41) is 10.1. The van der Waals surface area contributed by atoms with E-state index in [0.29, 0.717) is 12.6 Å². The van der Waals surface area contributed by atoms with E-state index in [0.717, 1.165) is 45.2 Å². The predicted octanol–water partition coefficient (Wildman–Crippen LogP) is -0.629. The summed E-state index contributed by atoms with van der Waals surface area (Å²) in [5.74, 6) is 0. The van der Waals surface area contributed by atoms with Gasteiger partial charge in [-0.15, -0.1) is 0 Å². The molecule has 0 heterocycles. The highest BCUT2D eigenvalue weighted by molar-refractivity contribution is 6.60. The average Bonchev–Trinajstić information content (AvgIpc) is 2.52. The van der Waals surface area contributed by atoms with Gasteiger partial charge in [-0.25, -0.2) is 0 Å². The number of nitrogens with one attached hydrogen (secondary N) is 3. The lowest BCUT2D eigenvalue weighted by molar-refractivity contribution is 0.123. The first-order chi connectivity index (χ1) is 10.1. The molecule has 0 rings (SSSR count). The Labute approximate surface area is 130 Å². The van der Waals surface area contributed by atoms with E-state index in [9.17, 15) is 0 Å². The summed E-state index contributed by atoms with van der Waals surface area (Å²) >= 11 is 0. The molecule has 0 radical (unpaired) electrons. The van der Waals surface area contributed by atoms with Crippen molar-refractivity contribution >= 4 is 8.80 Å². The molecule has 0 saturated heterocycles. The molecule has 0 fully saturated rings. The lowest BCUT2D eigenvalue weighted by atomic mass is 10.3. The topological polar surface area (TPSA) is 89.8 Å². The van der Waals surface area contributed by atoms with Gasteiger partial charge in [-0.2, -0.15) is 0 Å². The Morgan fingerprint density at radius 2 is 1.57 bits per heavy atom. The van der Waals surface area contributed by atoms with E-state index in [1.54, 1.807) is 21.3 Å². The fourth-order valence-electron chi connectivity index (χ4n) is 2.01. The first kappa shape index (κ1) is 20.9. The Balaban J connectivity index is 3.44. The Morgan fingerprint density at radius 3 is 2.14 bits per heavy atom. The molecule has 0 aliphatic carbocycles. The van der Waals surface area contributed by atoms with Gasteiger partial charge in [0.05, 0.1) is 0 Å². The maximum absolute atomic E-state index is 5.44. The normalized spacial score (nSPS) is 13.6. The van der Waals surface area contributed by atoms with Crippen LogP contribution < -0.4 is 21.7 Å². The summed E-state index contributed by atoms with van der Waals surface area (Å²) in [5.41, 5.74) is 5.44. The number of nitrogens with two attached hydrogens (primary N) is 1. The summed E-state index contributed by atoms with van der Waals surface area (Å²) in [7, 11) is 2.55. The third-order valence-electron chi connectivity index (χ3n) is 3.34. The van der Waals surface area contributed by atoms with Crippen molar-refractivity contribution in [2.75, 3.05) is 60.6 Å². The molecule has 0 amide bonds. The van der Waals surface area contributed by atoms with Crippen molar-refractivity contribution < 1.29 is 13.3 Å². The molecule has 7 nitrogen and oxygen atoms in total. The molecule has 0 bridgehead atoms. The summed E-state index contributed by atoms with van der Waals surface area (Å²) in [4.78, 5) is 0. The van der Waals surface area contributed by atoms with Crippen molar-refractivity contribution in [1.82, 2.24) is 16.0 Å². The van der Waals surface area contributed by atoms with Gasteiger partial charge in [-0.1, -0.05) is 0 Å². The van der Waals surface area contributed by atoms with Gasteiger partial charge < -0.3 is 35.0 Å². The minimum Gasteiger partial charge on any atom is -0.377 e. The lowest BCUT2D eigenvalue weighted by Gasteiger charge is -2.24. The molecule has 0 aromatic heterocycles. The van der Waals surface area contributed by atoms with Gasteiger partial charge in [0, 0.05) is 66.1 Å². The Kier molecular flexibility index (Phi) is 13.5. The summed E-state index contributed by atoms with van der Waals surface area (Å²) in [6.07, 6.45) is 0.982. The highest BCUT2D eigenvalue weighted by Crippen LogP contribution is 2.14.